The molecule has 0 saturated heterocycles. The average molecular weight is 257 g/mol. The molecule has 0 saturated carbocycles. The van der Waals surface area contributed by atoms with E-state index in [1.165, 1.54) is 0 Å². The Kier molecular flexibility index (Phi) is 7.55. The van der Waals surface area contributed by atoms with Gasteiger partial charge in [-0.05, 0) is 38.3 Å². The van der Waals surface area contributed by atoms with Crippen LogP contribution < -0.4 is 5.73 Å². The molecule has 4 nitrogen and oxygen atoms in total. The maximum Gasteiger partial charge on any atom is 0.149 e. The summed E-state index contributed by atoms with van der Waals surface area (Å²) in [4.78, 5) is 14.6. The van der Waals surface area contributed by atoms with E-state index in [0.29, 0.717) is 41.7 Å². The van der Waals surface area contributed by atoms with Crippen molar-refractivity contribution < 1.29 is 4.79 Å². The molecule has 2 N–H and O–H groups in total. The Hall–Kier alpha value is -2.41. The van der Waals surface area contributed by atoms with E-state index < -0.39 is 0 Å². The number of aldehydes is 1. The van der Waals surface area contributed by atoms with Gasteiger partial charge in [-0.25, -0.2) is 4.99 Å². The summed E-state index contributed by atoms with van der Waals surface area (Å²) in [7, 11) is 0. The number of hydrogen-bond donors (Lipinski definition) is 1. The molecule has 0 rings (SSSR count). The van der Waals surface area contributed by atoms with Gasteiger partial charge in [0.25, 0.3) is 0 Å². The maximum absolute atomic E-state index is 10.6. The zero-order chi connectivity index (χ0) is 14.8. The van der Waals surface area contributed by atoms with Crippen LogP contribution in [0, 0.1) is 11.3 Å². The molecule has 4 heteroatoms. The van der Waals surface area contributed by atoms with Gasteiger partial charge in [0.2, 0.25) is 0 Å². The molecule has 0 atom stereocenters. The van der Waals surface area contributed by atoms with Crippen molar-refractivity contribution in [2.45, 2.75) is 26.7 Å². The summed E-state index contributed by atoms with van der Waals surface area (Å²) < 4.78 is 0. The summed E-state index contributed by atoms with van der Waals surface area (Å²) in [6, 6.07) is 1.98. The fourth-order valence-corrected chi connectivity index (χ4v) is 1.25. The van der Waals surface area contributed by atoms with Crippen LogP contribution in [0.5, 0.6) is 0 Å². The van der Waals surface area contributed by atoms with Crippen LogP contribution in [0.2, 0.25) is 0 Å². The second-order valence-corrected chi connectivity index (χ2v) is 4.20. The lowest BCUT2D eigenvalue weighted by atomic mass is 9.99. The maximum atomic E-state index is 10.6. The van der Waals surface area contributed by atoms with Gasteiger partial charge in [0.05, 0.1) is 11.9 Å². The Morgan fingerprint density at radius 1 is 1.37 bits per heavy atom. The van der Waals surface area contributed by atoms with Gasteiger partial charge in [-0.15, -0.1) is 0 Å². The number of allylic oxidation sites excluding steroid dienone is 5. The summed E-state index contributed by atoms with van der Waals surface area (Å²) in [5, 5.41) is 8.87. The molecule has 0 aliphatic rings. The van der Waals surface area contributed by atoms with Crippen LogP contribution in [-0.4, -0.2) is 12.1 Å². The van der Waals surface area contributed by atoms with E-state index in [1.54, 1.807) is 19.2 Å². The second-order valence-electron chi connectivity index (χ2n) is 4.20. The van der Waals surface area contributed by atoms with Crippen LogP contribution >= 0.6 is 0 Å². The molecular weight excluding hydrogens is 238 g/mol. The number of amidine groups is 1. The Labute approximate surface area is 114 Å². The number of nitrogens with zero attached hydrogens (tertiary/aromatic N) is 2. The molecule has 0 bridgehead atoms. The predicted molar refractivity (Wildman–Crippen MR) is 78.3 cm³/mol. The number of rotatable bonds is 7. The highest BCUT2D eigenvalue weighted by atomic mass is 16.1. The third kappa shape index (κ3) is 7.50. The molecular formula is C15H19N3O. The van der Waals surface area contributed by atoms with Gasteiger partial charge < -0.3 is 5.73 Å². The number of aliphatic imine (C=N–C) groups is 1. The standard InChI is InChI=1S/C15H19N3O/c1-11(9-18-14(4)17)5-6-15(13(3)8-16)7-12(2)10-19/h7,9-10H,2-3,5-6H2,1,4H3,(H2,17,18)/b11-9-,15-7+. The predicted octanol–water partition coefficient (Wildman–Crippen LogP) is 2.81. The third-order valence-electron chi connectivity index (χ3n) is 2.31. The summed E-state index contributed by atoms with van der Waals surface area (Å²) >= 11 is 0. The van der Waals surface area contributed by atoms with Crippen LogP contribution in [0.1, 0.15) is 26.7 Å². The van der Waals surface area contributed by atoms with E-state index >= 15 is 0 Å². The van der Waals surface area contributed by atoms with E-state index in [9.17, 15) is 4.79 Å². The minimum Gasteiger partial charge on any atom is -0.387 e. The van der Waals surface area contributed by atoms with Gasteiger partial charge >= 0.3 is 0 Å². The zero-order valence-corrected chi connectivity index (χ0v) is 11.4. The van der Waals surface area contributed by atoms with Crippen molar-refractivity contribution in [3.63, 3.8) is 0 Å². The molecule has 0 unspecified atom stereocenters. The molecule has 0 fully saturated rings. The van der Waals surface area contributed by atoms with Crippen LogP contribution in [0.4, 0.5) is 0 Å². The van der Waals surface area contributed by atoms with E-state index in [2.05, 4.69) is 18.2 Å². The fraction of sp³-hybridized carbons (Fsp3) is 0.267. The zero-order valence-electron chi connectivity index (χ0n) is 11.4. The van der Waals surface area contributed by atoms with Crippen molar-refractivity contribution in [1.29, 1.82) is 5.26 Å². The van der Waals surface area contributed by atoms with E-state index in [4.69, 9.17) is 11.0 Å². The molecule has 0 aromatic carbocycles. The summed E-state index contributed by atoms with van der Waals surface area (Å²) in [5.74, 6) is 0.492. The highest BCUT2D eigenvalue weighted by Crippen LogP contribution is 2.18. The number of carbonyl (C=O) groups excluding carboxylic acids is 1. The van der Waals surface area contributed by atoms with Gasteiger partial charge in [-0.3, -0.25) is 4.79 Å². The molecule has 0 aliphatic carbocycles. The van der Waals surface area contributed by atoms with Gasteiger partial charge in [0.1, 0.15) is 6.29 Å². The number of nitrogens with two attached hydrogens (primary N) is 1. The molecule has 0 spiro atoms. The monoisotopic (exact) mass is 257 g/mol. The topological polar surface area (TPSA) is 79.2 Å². The van der Waals surface area contributed by atoms with Crippen molar-refractivity contribution in [1.82, 2.24) is 0 Å². The van der Waals surface area contributed by atoms with E-state index in [-0.39, 0.29) is 0 Å². The van der Waals surface area contributed by atoms with Crippen molar-refractivity contribution in [3.8, 4) is 6.07 Å². The van der Waals surface area contributed by atoms with E-state index in [0.717, 1.165) is 5.57 Å². The first-order valence-corrected chi connectivity index (χ1v) is 5.80. The fourth-order valence-electron chi connectivity index (χ4n) is 1.25. The summed E-state index contributed by atoms with van der Waals surface area (Å²) in [6.45, 7) is 10.9. The quantitative estimate of drug-likeness (QED) is 0.190. The average Bonchev–Trinajstić information content (AvgIpc) is 2.39. The van der Waals surface area contributed by atoms with Crippen molar-refractivity contribution in [3.05, 3.63) is 47.7 Å². The second kappa shape index (κ2) is 8.65. The Morgan fingerprint density at radius 2 is 2.00 bits per heavy atom. The highest BCUT2D eigenvalue weighted by molar-refractivity contribution is 5.78. The number of nitriles is 1. The minimum atomic E-state index is 0.323. The Bertz CT molecular complexity index is 498. The third-order valence-corrected chi connectivity index (χ3v) is 2.31. The van der Waals surface area contributed by atoms with Crippen molar-refractivity contribution >= 4 is 12.1 Å². The highest BCUT2D eigenvalue weighted by Gasteiger charge is 2.04. The van der Waals surface area contributed by atoms with Crippen LogP contribution in [-0.2, 0) is 4.79 Å². The molecule has 100 valence electrons. The number of hydrogen-bond acceptors (Lipinski definition) is 3. The lowest BCUT2D eigenvalue weighted by molar-refractivity contribution is -0.104. The van der Waals surface area contributed by atoms with Crippen LogP contribution in [0.3, 0.4) is 0 Å². The lowest BCUT2D eigenvalue weighted by Gasteiger charge is -2.05. The molecule has 0 aromatic heterocycles. The number of carbonyl (C=O) groups is 1. The van der Waals surface area contributed by atoms with Crippen molar-refractivity contribution in [2.24, 2.45) is 10.7 Å². The summed E-state index contributed by atoms with van der Waals surface area (Å²) in [6.07, 6.45) is 5.23. The Balaban J connectivity index is 4.84. The first-order valence-electron chi connectivity index (χ1n) is 5.80. The molecule has 0 heterocycles. The van der Waals surface area contributed by atoms with Crippen molar-refractivity contribution in [2.75, 3.05) is 0 Å². The minimum absolute atomic E-state index is 0.323. The van der Waals surface area contributed by atoms with Gasteiger partial charge in [-0.2, -0.15) is 5.26 Å². The molecule has 0 aliphatic heterocycles. The summed E-state index contributed by atoms with van der Waals surface area (Å²) in [5.41, 5.74) is 7.84. The SMILES string of the molecule is C=C(C=O)/C=C(\CC/C(C)=C\N=C(C)N)C(=C)C#N. The van der Waals surface area contributed by atoms with Gasteiger partial charge in [0.15, 0.2) is 0 Å². The smallest absolute Gasteiger partial charge is 0.149 e. The first kappa shape index (κ1) is 16.6. The lowest BCUT2D eigenvalue weighted by Crippen LogP contribution is -2.03. The Morgan fingerprint density at radius 3 is 2.47 bits per heavy atom. The first-order chi connectivity index (χ1) is 8.90. The van der Waals surface area contributed by atoms with Gasteiger partial charge in [-0.1, -0.05) is 18.7 Å². The largest absolute Gasteiger partial charge is 0.387 e. The molecule has 0 aromatic rings. The van der Waals surface area contributed by atoms with Gasteiger partial charge in [0, 0.05) is 17.3 Å². The molecule has 0 amide bonds. The normalized spacial score (nSPS) is 12.8. The van der Waals surface area contributed by atoms with E-state index in [1.807, 2.05) is 13.0 Å². The van der Waals surface area contributed by atoms with Crippen LogP contribution in [0.15, 0.2) is 52.7 Å². The molecule has 0 radical (unpaired) electrons. The molecule has 19 heavy (non-hydrogen) atoms. The van der Waals surface area contributed by atoms with Crippen LogP contribution in [0.25, 0.3) is 0 Å².